The van der Waals surface area contributed by atoms with Crippen molar-refractivity contribution in [1.82, 2.24) is 0 Å². The molecule has 0 amide bonds. The monoisotopic (exact) mass is 739 g/mol. The van der Waals surface area contributed by atoms with Gasteiger partial charge in [0.2, 0.25) is 0 Å². The number of benzene rings is 2. The Balaban J connectivity index is 0. The van der Waals surface area contributed by atoms with Crippen LogP contribution in [0.1, 0.15) is 56.1 Å². The van der Waals surface area contributed by atoms with Gasteiger partial charge in [-0.1, -0.05) is 85.3 Å². The standard InChI is InChI=1S/2C10H12O2.C6H12N2.C3H4O4.Pt/c2*11-10(12)8-4-7-9-5-2-1-3-6-9;7-3-5-1-2-6(5)4-8;4-2(5)1-3(6)7;/h2*1-3,5-6H,4,7-8H2,(H,11,12);5-8H,1-4H2;1H2,(H,4,5)(H,6,7);/q;;-2;;+2. The molecule has 3 rings (SSSR count). The van der Waals surface area contributed by atoms with E-state index in [1.165, 1.54) is 24.0 Å². The van der Waals surface area contributed by atoms with Crippen LogP contribution in [0.3, 0.4) is 0 Å². The van der Waals surface area contributed by atoms with Crippen molar-refractivity contribution in [2.24, 2.45) is 11.8 Å². The minimum atomic E-state index is -1.31. The second-order valence-electron chi connectivity index (χ2n) is 8.94. The predicted octanol–water partition coefficient (Wildman–Crippen LogP) is 5.85. The summed E-state index contributed by atoms with van der Waals surface area (Å²) < 4.78 is 0. The van der Waals surface area contributed by atoms with Crippen LogP contribution in [0.5, 0.6) is 0 Å². The molecule has 40 heavy (non-hydrogen) atoms. The number of carboxylic acid groups (broad SMARTS) is 4. The summed E-state index contributed by atoms with van der Waals surface area (Å²) in [7, 11) is 0. The van der Waals surface area contributed by atoms with Gasteiger partial charge in [-0.15, -0.1) is 13.1 Å². The molecule has 2 unspecified atom stereocenters. The fraction of sp³-hybridized carbons (Fsp3) is 0.448. The Bertz CT molecular complexity index is 880. The molecule has 0 aromatic heterocycles. The maximum Gasteiger partial charge on any atom is 2.00 e. The molecule has 2 atom stereocenters. The van der Waals surface area contributed by atoms with Crippen molar-refractivity contribution in [2.45, 2.75) is 57.8 Å². The summed E-state index contributed by atoms with van der Waals surface area (Å²) in [6, 6.07) is 19.9. The van der Waals surface area contributed by atoms with Crippen LogP contribution < -0.4 is 0 Å². The Morgan fingerprint density at radius 2 is 0.925 bits per heavy atom. The summed E-state index contributed by atoms with van der Waals surface area (Å²) in [5, 5.41) is 32.2. The topological polar surface area (TPSA) is 197 Å². The fourth-order valence-corrected chi connectivity index (χ4v) is 3.48. The first-order valence-electron chi connectivity index (χ1n) is 12.8. The SMILES string of the molecule is O=C(O)CC(=O)O.O=C(O)CCCc1ccccc1.O=C(O)CCCc1ccccc1.[NH-]CC1CCC1C[NH-].[Pt+2]. The third-order valence-corrected chi connectivity index (χ3v) is 5.80. The number of hydrogen-bond acceptors (Lipinski definition) is 4. The maximum atomic E-state index is 10.2. The summed E-state index contributed by atoms with van der Waals surface area (Å²) >= 11 is 0. The molecule has 1 aliphatic rings. The molecule has 0 aliphatic heterocycles. The number of hydrogen-bond donors (Lipinski definition) is 4. The zero-order valence-electron chi connectivity index (χ0n) is 22.4. The van der Waals surface area contributed by atoms with E-state index in [2.05, 4.69) is 0 Å². The molecule has 1 fully saturated rings. The predicted molar refractivity (Wildman–Crippen MR) is 149 cm³/mol. The Labute approximate surface area is 250 Å². The Morgan fingerprint density at radius 3 is 1.12 bits per heavy atom. The van der Waals surface area contributed by atoms with Crippen molar-refractivity contribution < 1.29 is 60.7 Å². The van der Waals surface area contributed by atoms with Gasteiger partial charge in [-0.3, -0.25) is 19.2 Å². The summed E-state index contributed by atoms with van der Waals surface area (Å²) in [6.07, 6.45) is 5.27. The number of aliphatic carboxylic acids is 4. The van der Waals surface area contributed by atoms with Crippen molar-refractivity contribution in [3.63, 3.8) is 0 Å². The molecule has 10 nitrogen and oxygen atoms in total. The van der Waals surface area contributed by atoms with Crippen LogP contribution >= 0.6 is 0 Å². The van der Waals surface area contributed by atoms with Crippen molar-refractivity contribution >= 4 is 23.9 Å². The van der Waals surface area contributed by atoms with E-state index in [0.717, 1.165) is 25.7 Å². The van der Waals surface area contributed by atoms with Gasteiger partial charge in [-0.25, -0.2) is 0 Å². The molecule has 0 radical (unpaired) electrons. The fourth-order valence-electron chi connectivity index (χ4n) is 3.48. The van der Waals surface area contributed by atoms with Gasteiger partial charge in [-0.2, -0.15) is 0 Å². The zero-order chi connectivity index (χ0) is 29.5. The maximum absolute atomic E-state index is 10.2. The van der Waals surface area contributed by atoms with Gasteiger partial charge >= 0.3 is 44.9 Å². The average Bonchev–Trinajstić information content (AvgIpc) is 2.85. The van der Waals surface area contributed by atoms with Crippen LogP contribution in [0.4, 0.5) is 0 Å². The first-order valence-corrected chi connectivity index (χ1v) is 12.8. The van der Waals surface area contributed by atoms with E-state index in [-0.39, 0.29) is 33.9 Å². The van der Waals surface area contributed by atoms with Crippen molar-refractivity contribution in [3.05, 3.63) is 83.3 Å². The van der Waals surface area contributed by atoms with Crippen molar-refractivity contribution in [3.8, 4) is 0 Å². The van der Waals surface area contributed by atoms with Gasteiger partial charge in [0.1, 0.15) is 6.42 Å². The molecule has 0 spiro atoms. The molecule has 0 saturated heterocycles. The Hall–Kier alpha value is -3.07. The number of rotatable bonds is 12. The number of carbonyl (C=O) groups is 4. The van der Waals surface area contributed by atoms with E-state index in [1.54, 1.807) is 0 Å². The zero-order valence-corrected chi connectivity index (χ0v) is 24.7. The van der Waals surface area contributed by atoms with Crippen molar-refractivity contribution in [2.75, 3.05) is 13.1 Å². The minimum absolute atomic E-state index is 0. The number of carboxylic acids is 4. The Kier molecular flexibility index (Phi) is 24.4. The van der Waals surface area contributed by atoms with Crippen molar-refractivity contribution in [1.29, 1.82) is 0 Å². The van der Waals surface area contributed by atoms with Crippen LogP contribution in [-0.2, 0) is 53.1 Å². The molecular formula is C29H40N2O8Pt. The summed E-state index contributed by atoms with van der Waals surface area (Å²) in [5.74, 6) is -2.91. The third kappa shape index (κ3) is 22.9. The largest absolute Gasteiger partial charge is 2.00 e. The molecule has 0 heterocycles. The average molecular weight is 740 g/mol. The first kappa shape index (κ1) is 39.1. The molecule has 11 heteroatoms. The molecular weight excluding hydrogens is 699 g/mol. The van der Waals surface area contributed by atoms with E-state index >= 15 is 0 Å². The van der Waals surface area contributed by atoms with E-state index in [9.17, 15) is 19.2 Å². The molecule has 6 N–H and O–H groups in total. The Morgan fingerprint density at radius 1 is 0.600 bits per heavy atom. The van der Waals surface area contributed by atoms with Crippen LogP contribution in [0, 0.1) is 11.8 Å². The van der Waals surface area contributed by atoms with E-state index in [1.807, 2.05) is 60.7 Å². The minimum Gasteiger partial charge on any atom is -0.677 e. The first-order chi connectivity index (χ1) is 18.6. The summed E-state index contributed by atoms with van der Waals surface area (Å²) in [6.45, 7) is 1.09. The quantitative estimate of drug-likeness (QED) is 0.195. The molecule has 0 bridgehead atoms. The van der Waals surface area contributed by atoms with Gasteiger partial charge in [0.05, 0.1) is 0 Å². The van der Waals surface area contributed by atoms with Crippen LogP contribution in [0.15, 0.2) is 60.7 Å². The number of nitrogens with one attached hydrogen (secondary N) is 2. The van der Waals surface area contributed by atoms with Gasteiger partial charge in [0.25, 0.3) is 0 Å². The van der Waals surface area contributed by atoms with Gasteiger partial charge in [0, 0.05) is 12.8 Å². The second-order valence-corrected chi connectivity index (χ2v) is 8.94. The van der Waals surface area contributed by atoms with Gasteiger partial charge in [-0.05, 0) is 36.8 Å². The van der Waals surface area contributed by atoms with Crippen LogP contribution in [0.25, 0.3) is 11.5 Å². The van der Waals surface area contributed by atoms with Gasteiger partial charge in [0.15, 0.2) is 0 Å². The van der Waals surface area contributed by atoms with Crippen LogP contribution in [0.2, 0.25) is 0 Å². The van der Waals surface area contributed by atoms with E-state index in [4.69, 9.17) is 31.9 Å². The van der Waals surface area contributed by atoms with Gasteiger partial charge < -0.3 is 31.9 Å². The number of aryl methyl sites for hydroxylation is 2. The molecule has 2 aromatic rings. The summed E-state index contributed by atoms with van der Waals surface area (Å²) in [5.41, 5.74) is 16.4. The normalized spacial score (nSPS) is 14.6. The van der Waals surface area contributed by atoms with Crippen LogP contribution in [-0.4, -0.2) is 57.4 Å². The molecule has 1 aliphatic carbocycles. The molecule has 1 saturated carbocycles. The molecule has 2 aromatic carbocycles. The molecule has 224 valence electrons. The third-order valence-electron chi connectivity index (χ3n) is 5.80. The second kappa shape index (κ2) is 24.9. The van der Waals surface area contributed by atoms with E-state index in [0.29, 0.717) is 24.9 Å². The summed E-state index contributed by atoms with van der Waals surface area (Å²) in [4.78, 5) is 39.2. The van der Waals surface area contributed by atoms with E-state index < -0.39 is 30.3 Å². The smallest absolute Gasteiger partial charge is 0.677 e.